The van der Waals surface area contributed by atoms with E-state index in [1.807, 2.05) is 6.92 Å². The highest BCUT2D eigenvalue weighted by Gasteiger charge is 2.25. The van der Waals surface area contributed by atoms with Crippen LogP contribution in [0.25, 0.3) is 5.65 Å². The standard InChI is InChI=1S/C15H13BrFN5O/c1-8-6-23-12-3-2-11(17)9(13(8)12)4-18-15-19-5-10(16)14-21-20-7-22(14)15/h2-3,5,7-8H,4,6H2,1H3,(H,18,19)/t8-/m1/s1. The lowest BCUT2D eigenvalue weighted by Gasteiger charge is -2.13. The van der Waals surface area contributed by atoms with E-state index < -0.39 is 0 Å². The minimum Gasteiger partial charge on any atom is -0.493 e. The van der Waals surface area contributed by atoms with Gasteiger partial charge in [-0.1, -0.05) is 6.92 Å². The van der Waals surface area contributed by atoms with Gasteiger partial charge in [-0.2, -0.15) is 0 Å². The third-order valence-electron chi connectivity index (χ3n) is 3.95. The van der Waals surface area contributed by atoms with Crippen LogP contribution in [0.3, 0.4) is 0 Å². The van der Waals surface area contributed by atoms with Crippen molar-refractivity contribution in [3.05, 3.63) is 46.1 Å². The number of halogens is 2. The monoisotopic (exact) mass is 377 g/mol. The fraction of sp³-hybridized carbons (Fsp3) is 0.267. The highest BCUT2D eigenvalue weighted by Crippen LogP contribution is 2.37. The summed E-state index contributed by atoms with van der Waals surface area (Å²) in [6, 6.07) is 3.13. The van der Waals surface area contributed by atoms with Gasteiger partial charge in [-0.25, -0.2) is 9.37 Å². The number of hydrogen-bond acceptors (Lipinski definition) is 5. The third kappa shape index (κ3) is 2.33. The van der Waals surface area contributed by atoms with Crippen molar-refractivity contribution in [2.24, 2.45) is 0 Å². The lowest BCUT2D eigenvalue weighted by atomic mass is 9.97. The van der Waals surface area contributed by atoms with Gasteiger partial charge in [0.2, 0.25) is 5.95 Å². The van der Waals surface area contributed by atoms with Crippen LogP contribution in [0.15, 0.2) is 29.1 Å². The number of hydrogen-bond donors (Lipinski definition) is 1. The topological polar surface area (TPSA) is 64.3 Å². The van der Waals surface area contributed by atoms with Gasteiger partial charge in [0.1, 0.15) is 17.9 Å². The number of benzene rings is 1. The maximum absolute atomic E-state index is 14.3. The first-order valence-corrected chi connectivity index (χ1v) is 7.96. The van der Waals surface area contributed by atoms with E-state index in [1.165, 1.54) is 6.07 Å². The maximum atomic E-state index is 14.3. The normalized spacial score (nSPS) is 16.4. The fourth-order valence-corrected chi connectivity index (χ4v) is 3.22. The van der Waals surface area contributed by atoms with Crippen molar-refractivity contribution in [3.8, 4) is 5.75 Å². The number of nitrogens with zero attached hydrogens (tertiary/aromatic N) is 4. The van der Waals surface area contributed by atoms with E-state index in [0.29, 0.717) is 30.3 Å². The molecule has 1 aromatic carbocycles. The molecule has 0 radical (unpaired) electrons. The van der Waals surface area contributed by atoms with Crippen molar-refractivity contribution < 1.29 is 9.13 Å². The number of ether oxygens (including phenoxy) is 1. The Morgan fingerprint density at radius 3 is 3.22 bits per heavy atom. The molecule has 118 valence electrons. The molecule has 3 aromatic rings. The second-order valence-electron chi connectivity index (χ2n) is 5.46. The first-order chi connectivity index (χ1) is 11.1. The summed E-state index contributed by atoms with van der Waals surface area (Å²) in [5, 5.41) is 11.1. The molecule has 6 nitrogen and oxygen atoms in total. The lowest BCUT2D eigenvalue weighted by molar-refractivity contribution is 0.337. The molecule has 1 N–H and O–H groups in total. The van der Waals surface area contributed by atoms with Gasteiger partial charge in [0.05, 0.1) is 11.1 Å². The Labute approximate surface area is 139 Å². The van der Waals surface area contributed by atoms with Gasteiger partial charge in [0.15, 0.2) is 5.65 Å². The summed E-state index contributed by atoms with van der Waals surface area (Å²) in [7, 11) is 0. The first-order valence-electron chi connectivity index (χ1n) is 7.17. The second-order valence-corrected chi connectivity index (χ2v) is 6.31. The molecule has 8 heteroatoms. The van der Waals surface area contributed by atoms with Crippen molar-refractivity contribution >= 4 is 27.5 Å². The van der Waals surface area contributed by atoms with Crippen molar-refractivity contribution in [3.63, 3.8) is 0 Å². The molecule has 4 rings (SSSR count). The van der Waals surface area contributed by atoms with Crippen molar-refractivity contribution in [1.29, 1.82) is 0 Å². The van der Waals surface area contributed by atoms with E-state index in [1.54, 1.807) is 23.0 Å². The lowest BCUT2D eigenvalue weighted by Crippen LogP contribution is -2.10. The molecule has 0 saturated carbocycles. The van der Waals surface area contributed by atoms with Crippen LogP contribution < -0.4 is 10.1 Å². The predicted molar refractivity (Wildman–Crippen MR) is 86.1 cm³/mol. The highest BCUT2D eigenvalue weighted by molar-refractivity contribution is 9.10. The molecule has 0 unspecified atom stereocenters. The SMILES string of the molecule is C[C@@H]1COc2ccc(F)c(CNc3ncc(Br)c4nncn34)c21. The van der Waals surface area contributed by atoms with Crippen LogP contribution in [0.2, 0.25) is 0 Å². The van der Waals surface area contributed by atoms with Crippen LogP contribution >= 0.6 is 15.9 Å². The summed E-state index contributed by atoms with van der Waals surface area (Å²) in [6.45, 7) is 2.92. The van der Waals surface area contributed by atoms with Crippen molar-refractivity contribution in [2.75, 3.05) is 11.9 Å². The Morgan fingerprint density at radius 1 is 1.48 bits per heavy atom. The number of anilines is 1. The second kappa shape index (κ2) is 5.45. The Hall–Kier alpha value is -2.22. The van der Waals surface area contributed by atoms with Gasteiger partial charge in [0.25, 0.3) is 0 Å². The van der Waals surface area contributed by atoms with E-state index in [2.05, 4.69) is 36.4 Å². The summed E-state index contributed by atoms with van der Waals surface area (Å²) in [4.78, 5) is 4.31. The predicted octanol–water partition coefficient (Wildman–Crippen LogP) is 3.13. The van der Waals surface area contributed by atoms with Crippen LogP contribution in [-0.2, 0) is 6.54 Å². The Morgan fingerprint density at radius 2 is 2.35 bits per heavy atom. The average molecular weight is 378 g/mol. The molecule has 0 aliphatic carbocycles. The van der Waals surface area contributed by atoms with Crippen LogP contribution in [0.1, 0.15) is 24.0 Å². The van der Waals surface area contributed by atoms with Crippen molar-refractivity contribution in [1.82, 2.24) is 19.6 Å². The van der Waals surface area contributed by atoms with Gasteiger partial charge in [-0.3, -0.25) is 4.40 Å². The summed E-state index contributed by atoms with van der Waals surface area (Å²) >= 11 is 3.38. The molecule has 0 amide bonds. The van der Waals surface area contributed by atoms with E-state index in [9.17, 15) is 4.39 Å². The molecule has 0 spiro atoms. The summed E-state index contributed by atoms with van der Waals surface area (Å²) in [6.07, 6.45) is 3.21. The zero-order chi connectivity index (χ0) is 16.0. The van der Waals surface area contributed by atoms with Gasteiger partial charge in [-0.05, 0) is 28.1 Å². The molecule has 3 heterocycles. The minimum absolute atomic E-state index is 0.172. The quantitative estimate of drug-likeness (QED) is 0.759. The summed E-state index contributed by atoms with van der Waals surface area (Å²) < 4.78 is 22.3. The molecule has 23 heavy (non-hydrogen) atoms. The van der Waals surface area contributed by atoms with Gasteiger partial charge >= 0.3 is 0 Å². The third-order valence-corrected chi connectivity index (χ3v) is 4.51. The molecule has 0 bridgehead atoms. The molecule has 0 fully saturated rings. The van der Waals surface area contributed by atoms with E-state index in [-0.39, 0.29) is 11.7 Å². The molecule has 1 aliphatic heterocycles. The largest absolute Gasteiger partial charge is 0.493 e. The number of fused-ring (bicyclic) bond motifs is 2. The van der Waals surface area contributed by atoms with Gasteiger partial charge < -0.3 is 10.1 Å². The first kappa shape index (κ1) is 14.4. The van der Waals surface area contributed by atoms with Crippen molar-refractivity contribution in [2.45, 2.75) is 19.4 Å². The minimum atomic E-state index is -0.245. The van der Waals surface area contributed by atoms with E-state index in [4.69, 9.17) is 4.74 Å². The number of aromatic nitrogens is 4. The highest BCUT2D eigenvalue weighted by atomic mass is 79.9. The van der Waals surface area contributed by atoms with Crippen LogP contribution in [0.4, 0.5) is 10.3 Å². The smallest absolute Gasteiger partial charge is 0.210 e. The van der Waals surface area contributed by atoms with E-state index in [0.717, 1.165) is 15.8 Å². The Balaban J connectivity index is 1.69. The van der Waals surface area contributed by atoms with Gasteiger partial charge in [-0.15, -0.1) is 10.2 Å². The zero-order valence-electron chi connectivity index (χ0n) is 12.3. The van der Waals surface area contributed by atoms with E-state index >= 15 is 0 Å². The summed E-state index contributed by atoms with van der Waals surface area (Å²) in [5.41, 5.74) is 2.19. The van der Waals surface area contributed by atoms with Crippen LogP contribution in [0, 0.1) is 5.82 Å². The zero-order valence-corrected chi connectivity index (χ0v) is 13.8. The number of rotatable bonds is 3. The van der Waals surface area contributed by atoms with Crippen LogP contribution in [-0.4, -0.2) is 26.2 Å². The maximum Gasteiger partial charge on any atom is 0.210 e. The van der Waals surface area contributed by atoms with Crippen LogP contribution in [0.5, 0.6) is 5.75 Å². The average Bonchev–Trinajstić information content (AvgIpc) is 3.16. The molecule has 1 atom stereocenters. The fourth-order valence-electron chi connectivity index (χ4n) is 2.85. The molecule has 2 aromatic heterocycles. The molecule has 1 aliphatic rings. The summed E-state index contributed by atoms with van der Waals surface area (Å²) in [5.74, 6) is 1.24. The Bertz CT molecular complexity index is 897. The number of nitrogens with one attached hydrogen (secondary N) is 1. The van der Waals surface area contributed by atoms with Gasteiger partial charge in [0, 0.05) is 29.8 Å². The molecule has 0 saturated heterocycles. The molecular weight excluding hydrogens is 365 g/mol. The Kier molecular flexibility index (Phi) is 3.41. The molecular formula is C15H13BrFN5O.